The summed E-state index contributed by atoms with van der Waals surface area (Å²) in [6.45, 7) is 11.2. The molecule has 2 nitrogen and oxygen atoms in total. The zero-order chi connectivity index (χ0) is 15.0. The summed E-state index contributed by atoms with van der Waals surface area (Å²) in [6, 6.07) is 5.14. The first kappa shape index (κ1) is 17.3. The maximum atomic E-state index is 14.1. The molecule has 0 unspecified atom stereocenters. The van der Waals surface area contributed by atoms with E-state index in [2.05, 4.69) is 30.6 Å². The minimum atomic E-state index is -0.173. The number of para-hydroxylation sites is 1. The van der Waals surface area contributed by atoms with Crippen molar-refractivity contribution in [2.45, 2.75) is 33.1 Å². The summed E-state index contributed by atoms with van der Waals surface area (Å²) in [6.07, 6.45) is 1.03. The molecule has 0 saturated heterocycles. The Bertz CT molecular complexity index is 394. The molecule has 1 aromatic carbocycles. The van der Waals surface area contributed by atoms with Gasteiger partial charge >= 0.3 is 0 Å². The third-order valence-electron chi connectivity index (χ3n) is 3.71. The van der Waals surface area contributed by atoms with Crippen LogP contribution in [0.3, 0.4) is 0 Å². The zero-order valence-corrected chi connectivity index (χ0v) is 13.6. The van der Waals surface area contributed by atoms with Crippen LogP contribution in [0.5, 0.6) is 0 Å². The fourth-order valence-corrected chi connectivity index (χ4v) is 2.69. The highest BCUT2D eigenvalue weighted by Crippen LogP contribution is 2.26. The fraction of sp³-hybridized carbons (Fsp3) is 0.625. The molecule has 0 fully saturated rings. The summed E-state index contributed by atoms with van der Waals surface area (Å²) in [5.41, 5.74) is 1.54. The number of hydrogen-bond donors (Lipinski definition) is 0. The van der Waals surface area contributed by atoms with Crippen LogP contribution in [0.1, 0.15) is 32.8 Å². The van der Waals surface area contributed by atoms with Crippen molar-refractivity contribution in [1.82, 2.24) is 4.90 Å². The van der Waals surface area contributed by atoms with Crippen LogP contribution in [0.25, 0.3) is 0 Å². The molecule has 0 radical (unpaired) electrons. The molecule has 0 aliphatic rings. The van der Waals surface area contributed by atoms with E-state index in [1.165, 1.54) is 6.07 Å². The van der Waals surface area contributed by atoms with Crippen molar-refractivity contribution in [3.05, 3.63) is 29.6 Å². The molecule has 0 saturated carbocycles. The van der Waals surface area contributed by atoms with E-state index >= 15 is 0 Å². The van der Waals surface area contributed by atoms with Crippen molar-refractivity contribution in [2.24, 2.45) is 0 Å². The Kier molecular flexibility index (Phi) is 7.93. The minimum Gasteiger partial charge on any atom is -0.369 e. The van der Waals surface area contributed by atoms with E-state index in [1.807, 2.05) is 6.07 Å². The van der Waals surface area contributed by atoms with E-state index in [9.17, 15) is 4.39 Å². The Morgan fingerprint density at radius 1 is 1.05 bits per heavy atom. The number of nitrogens with zero attached hydrogens (tertiary/aromatic N) is 2. The first-order chi connectivity index (χ1) is 9.67. The molecule has 0 heterocycles. The van der Waals surface area contributed by atoms with Crippen LogP contribution in [-0.2, 0) is 5.88 Å². The summed E-state index contributed by atoms with van der Waals surface area (Å²) in [7, 11) is 0. The number of anilines is 1. The van der Waals surface area contributed by atoms with E-state index in [1.54, 1.807) is 6.07 Å². The van der Waals surface area contributed by atoms with Crippen molar-refractivity contribution in [2.75, 3.05) is 37.6 Å². The summed E-state index contributed by atoms with van der Waals surface area (Å²) >= 11 is 5.93. The normalized spacial score (nSPS) is 11.1. The van der Waals surface area contributed by atoms with Gasteiger partial charge in [-0.15, -0.1) is 11.6 Å². The molecule has 0 aliphatic carbocycles. The summed E-state index contributed by atoms with van der Waals surface area (Å²) in [5.74, 6) is 0.174. The van der Waals surface area contributed by atoms with Gasteiger partial charge in [-0.25, -0.2) is 4.39 Å². The van der Waals surface area contributed by atoms with Crippen molar-refractivity contribution >= 4 is 17.3 Å². The molecular formula is C16H26ClFN2. The average Bonchev–Trinajstić information content (AvgIpc) is 2.48. The van der Waals surface area contributed by atoms with E-state index in [0.29, 0.717) is 11.6 Å². The quantitative estimate of drug-likeness (QED) is 0.633. The first-order valence-corrected chi connectivity index (χ1v) is 8.01. The van der Waals surface area contributed by atoms with Crippen LogP contribution in [-0.4, -0.2) is 37.6 Å². The lowest BCUT2D eigenvalue weighted by Crippen LogP contribution is -2.31. The Balaban J connectivity index is 2.71. The Morgan fingerprint density at radius 2 is 1.75 bits per heavy atom. The Labute approximate surface area is 127 Å². The standard InChI is InChI=1S/C16H26ClFN2/c1-4-19(5-2)11-8-12-20(6-3)16-14(13-17)9-7-10-15(16)18/h7,9-10H,4-6,8,11-13H2,1-3H3. The fourth-order valence-electron chi connectivity index (χ4n) is 2.48. The van der Waals surface area contributed by atoms with Gasteiger partial charge in [-0.3, -0.25) is 0 Å². The van der Waals surface area contributed by atoms with Crippen molar-refractivity contribution in [3.63, 3.8) is 0 Å². The van der Waals surface area contributed by atoms with Gasteiger partial charge in [0.05, 0.1) is 5.69 Å². The predicted octanol–water partition coefficient (Wildman–Crippen LogP) is 4.12. The van der Waals surface area contributed by atoms with E-state index < -0.39 is 0 Å². The molecule has 1 aromatic rings. The Morgan fingerprint density at radius 3 is 2.30 bits per heavy atom. The van der Waals surface area contributed by atoms with Crippen molar-refractivity contribution in [1.29, 1.82) is 0 Å². The topological polar surface area (TPSA) is 6.48 Å². The molecule has 0 N–H and O–H groups in total. The lowest BCUT2D eigenvalue weighted by Gasteiger charge is -2.27. The lowest BCUT2D eigenvalue weighted by molar-refractivity contribution is 0.300. The molecular weight excluding hydrogens is 275 g/mol. The highest BCUT2D eigenvalue weighted by Gasteiger charge is 2.14. The molecule has 4 heteroatoms. The number of halogens is 2. The number of alkyl halides is 1. The molecule has 20 heavy (non-hydrogen) atoms. The highest BCUT2D eigenvalue weighted by atomic mass is 35.5. The summed E-state index contributed by atoms with van der Waals surface area (Å²) < 4.78 is 14.1. The third kappa shape index (κ3) is 4.64. The Hall–Kier alpha value is -0.800. The SMILES string of the molecule is CCN(CC)CCCN(CC)c1c(F)cccc1CCl. The average molecular weight is 301 g/mol. The van der Waals surface area contributed by atoms with Crippen molar-refractivity contribution < 1.29 is 4.39 Å². The first-order valence-electron chi connectivity index (χ1n) is 7.48. The van der Waals surface area contributed by atoms with Gasteiger partial charge in [0, 0.05) is 19.0 Å². The minimum absolute atomic E-state index is 0.173. The molecule has 1 rings (SSSR count). The summed E-state index contributed by atoms with van der Waals surface area (Å²) in [5, 5.41) is 0. The maximum Gasteiger partial charge on any atom is 0.146 e. The smallest absolute Gasteiger partial charge is 0.146 e. The second-order valence-corrected chi connectivity index (χ2v) is 5.11. The summed E-state index contributed by atoms with van der Waals surface area (Å²) in [4.78, 5) is 4.48. The third-order valence-corrected chi connectivity index (χ3v) is 4.00. The molecule has 0 aromatic heterocycles. The van der Waals surface area contributed by atoms with E-state index in [0.717, 1.165) is 44.7 Å². The molecule has 0 atom stereocenters. The van der Waals surface area contributed by atoms with Crippen molar-refractivity contribution in [3.8, 4) is 0 Å². The second kappa shape index (κ2) is 9.19. The largest absolute Gasteiger partial charge is 0.369 e. The van der Waals surface area contributed by atoms with Gasteiger partial charge in [-0.05, 0) is 44.6 Å². The van der Waals surface area contributed by atoms with Gasteiger partial charge < -0.3 is 9.80 Å². The van der Waals surface area contributed by atoms with Gasteiger partial charge in [-0.1, -0.05) is 26.0 Å². The molecule has 0 aliphatic heterocycles. The van der Waals surface area contributed by atoms with Crippen LogP contribution < -0.4 is 4.90 Å². The predicted molar refractivity (Wildman–Crippen MR) is 86.2 cm³/mol. The number of benzene rings is 1. The van der Waals surface area contributed by atoms with Gasteiger partial charge in [0.2, 0.25) is 0 Å². The molecule has 0 bridgehead atoms. The highest BCUT2D eigenvalue weighted by molar-refractivity contribution is 6.17. The lowest BCUT2D eigenvalue weighted by atomic mass is 10.1. The van der Waals surface area contributed by atoms with Gasteiger partial charge in [0.25, 0.3) is 0 Å². The van der Waals surface area contributed by atoms with Crippen LogP contribution in [0, 0.1) is 5.82 Å². The van der Waals surface area contributed by atoms with Gasteiger partial charge in [0.1, 0.15) is 5.82 Å². The van der Waals surface area contributed by atoms with Crippen LogP contribution in [0.4, 0.5) is 10.1 Å². The van der Waals surface area contributed by atoms with E-state index in [4.69, 9.17) is 11.6 Å². The van der Waals surface area contributed by atoms with Gasteiger partial charge in [0.15, 0.2) is 0 Å². The van der Waals surface area contributed by atoms with Crippen LogP contribution >= 0.6 is 11.6 Å². The number of hydrogen-bond acceptors (Lipinski definition) is 2. The zero-order valence-electron chi connectivity index (χ0n) is 12.8. The maximum absolute atomic E-state index is 14.1. The molecule has 0 amide bonds. The number of rotatable bonds is 9. The monoisotopic (exact) mass is 300 g/mol. The van der Waals surface area contributed by atoms with E-state index in [-0.39, 0.29) is 5.82 Å². The van der Waals surface area contributed by atoms with Crippen LogP contribution in [0.15, 0.2) is 18.2 Å². The van der Waals surface area contributed by atoms with Crippen LogP contribution in [0.2, 0.25) is 0 Å². The molecule has 0 spiro atoms. The van der Waals surface area contributed by atoms with Gasteiger partial charge in [-0.2, -0.15) is 0 Å². The second-order valence-electron chi connectivity index (χ2n) is 4.84. The molecule has 114 valence electrons.